The Kier molecular flexibility index (Phi) is 38.6. The number of carbonyl (C=O) groups excluding carboxylic acids is 4. The van der Waals surface area contributed by atoms with Gasteiger partial charge in [-0.2, -0.15) is 10.5 Å². The van der Waals surface area contributed by atoms with Crippen molar-refractivity contribution in [2.75, 3.05) is 142 Å². The third-order valence-corrected chi connectivity index (χ3v) is 20.2. The minimum absolute atomic E-state index is 0.0266. The van der Waals surface area contributed by atoms with Crippen LogP contribution in [0.15, 0.2) is 9.59 Å². The van der Waals surface area contributed by atoms with Crippen molar-refractivity contribution in [3.8, 4) is 0 Å². The maximum atomic E-state index is 13.4. The van der Waals surface area contributed by atoms with Crippen LogP contribution in [0.2, 0.25) is 0 Å². The molecule has 0 radical (unpaired) electrons. The van der Waals surface area contributed by atoms with E-state index in [4.69, 9.17) is 80.5 Å². The topological polar surface area (TPSA) is 687 Å². The van der Waals surface area contributed by atoms with Crippen molar-refractivity contribution < 1.29 is 192 Å². The second-order valence-electron chi connectivity index (χ2n) is 27.3. The molecule has 0 aromatic heterocycles. The normalized spacial score (nSPS) is 37.0. The Labute approximate surface area is 648 Å². The van der Waals surface area contributed by atoms with Crippen molar-refractivity contribution in [1.82, 2.24) is 21.3 Å². The van der Waals surface area contributed by atoms with E-state index in [-0.39, 0.29) is 47.5 Å². The number of alkyl carbamates (subject to hydrolysis) is 3. The molecule has 32 atom stereocenters. The Morgan fingerprint density at radius 1 is 0.460 bits per heavy atom. The summed E-state index contributed by atoms with van der Waals surface area (Å²) in [7, 11) is 3.51. The summed E-state index contributed by atoms with van der Waals surface area (Å²) in [6.45, 7) is -7.72. The van der Waals surface area contributed by atoms with Gasteiger partial charge in [0.1, 0.15) is 177 Å². The number of hydrogen-bond acceptors (Lipinski definition) is 43. The first kappa shape index (κ1) is 95.2. The molecule has 0 aliphatic carbocycles. The van der Waals surface area contributed by atoms with E-state index in [1.165, 1.54) is 4.90 Å². The van der Waals surface area contributed by atoms with Gasteiger partial charge in [-0.25, -0.2) is 14.4 Å². The number of nitrogens with zero attached hydrogens (tertiary/aromatic N) is 1. The van der Waals surface area contributed by atoms with Gasteiger partial charge in [0.15, 0.2) is 37.7 Å². The number of anilines is 2. The zero-order valence-electron chi connectivity index (χ0n) is 62.4. The highest BCUT2D eigenvalue weighted by molar-refractivity contribution is 8.13. The predicted molar refractivity (Wildman–Crippen MR) is 376 cm³/mol. The molecule has 6 fully saturated rings. The van der Waals surface area contributed by atoms with Crippen LogP contribution in [0.3, 0.4) is 0 Å². The zero-order chi connectivity index (χ0) is 83.2. The fourth-order valence-electron chi connectivity index (χ4n) is 13.1. The van der Waals surface area contributed by atoms with E-state index in [1.807, 2.05) is 6.26 Å². The molecule has 47 nitrogen and oxygen atoms in total. The molecule has 652 valence electrons. The first-order chi connectivity index (χ1) is 53.9. The molecule has 1 aromatic rings. The van der Waals surface area contributed by atoms with E-state index in [9.17, 15) is 121 Å². The number of ether oxygens (including phenoxy) is 17. The monoisotopic (exact) mass is 1660 g/mol. The summed E-state index contributed by atoms with van der Waals surface area (Å²) < 4.78 is 95.4. The van der Waals surface area contributed by atoms with Gasteiger partial charge in [0, 0.05) is 33.2 Å². The van der Waals surface area contributed by atoms with E-state index in [0.29, 0.717) is 25.0 Å². The number of amides is 4. The highest BCUT2D eigenvalue weighted by atomic mass is 32.2. The van der Waals surface area contributed by atoms with Crippen LogP contribution in [0.5, 0.6) is 0 Å². The van der Waals surface area contributed by atoms with E-state index in [0.717, 1.165) is 14.2 Å². The Morgan fingerprint density at radius 2 is 0.841 bits per heavy atom. The van der Waals surface area contributed by atoms with E-state index in [2.05, 4.69) is 32.5 Å². The summed E-state index contributed by atoms with van der Waals surface area (Å²) in [5, 5.41) is 205. The molecule has 0 saturated carbocycles. The fraction of sp³-hybridized carbons (Fsp3) is 0.862. The fourth-order valence-corrected chi connectivity index (χ4v) is 14.1. The number of carbonyl (C=O) groups is 4. The molecule has 113 heavy (non-hydrogen) atoms. The third kappa shape index (κ3) is 24.4. The van der Waals surface area contributed by atoms with Gasteiger partial charge in [0.2, 0.25) is 5.91 Å². The molecule has 7 rings (SSSR count). The van der Waals surface area contributed by atoms with Crippen molar-refractivity contribution in [3.63, 3.8) is 0 Å². The van der Waals surface area contributed by atoms with E-state index in [1.54, 1.807) is 14.0 Å². The van der Waals surface area contributed by atoms with Crippen LogP contribution < -0.4 is 42.3 Å². The van der Waals surface area contributed by atoms with Crippen molar-refractivity contribution in [3.05, 3.63) is 20.4 Å². The molecule has 6 aliphatic rings. The number of nitrogens with one attached hydrogen (secondary N) is 5. The lowest BCUT2D eigenvalue weighted by molar-refractivity contribution is -0.382. The molecule has 1 aromatic carbocycles. The van der Waals surface area contributed by atoms with Gasteiger partial charge in [0.25, 0.3) is 10.9 Å². The van der Waals surface area contributed by atoms with Crippen LogP contribution in [0.25, 0.3) is 0 Å². The summed E-state index contributed by atoms with van der Waals surface area (Å²) in [6.07, 6.45) is -55.6. The minimum Gasteiger partial charge on any atom is -0.447 e. The molecule has 4 amide bonds. The summed E-state index contributed by atoms with van der Waals surface area (Å²) in [6, 6.07) is 0. The number of hydrogen-bond donors (Lipinski definition) is 23. The summed E-state index contributed by atoms with van der Waals surface area (Å²) in [5.41, 5.74) is -1.73. The van der Waals surface area contributed by atoms with Gasteiger partial charge in [-0.15, -0.1) is 0 Å². The number of methoxy groups -OCH3 is 2. The van der Waals surface area contributed by atoms with Crippen LogP contribution in [-0.2, 0) is 85.3 Å². The number of aliphatic hydroxyl groups excluding tert-OH is 18. The quantitative estimate of drug-likeness (QED) is 0.00950. The van der Waals surface area contributed by atoms with Crippen molar-refractivity contribution in [2.45, 2.75) is 217 Å². The van der Waals surface area contributed by atoms with Gasteiger partial charge in [-0.05, 0) is 38.3 Å². The lowest BCUT2D eigenvalue weighted by atomic mass is 9.96. The summed E-state index contributed by atoms with van der Waals surface area (Å²) >= 11 is 0. The smallest absolute Gasteiger partial charge is 0.407 e. The Morgan fingerprint density at radius 3 is 1.24 bits per heavy atom. The Balaban J connectivity index is 1.01. The minimum atomic E-state index is -2.04. The van der Waals surface area contributed by atoms with E-state index < -0.39 is 305 Å². The Hall–Kier alpha value is -4.94. The lowest BCUT2D eigenvalue weighted by Crippen LogP contribution is -2.67. The molecule has 6 heterocycles. The second-order valence-corrected chi connectivity index (χ2v) is 29.2. The van der Waals surface area contributed by atoms with E-state index >= 15 is 0 Å². The maximum Gasteiger partial charge on any atom is 0.407 e. The van der Waals surface area contributed by atoms with Gasteiger partial charge in [-0.1, -0.05) is 12.8 Å². The lowest BCUT2D eigenvalue weighted by Gasteiger charge is -2.49. The molecule has 6 aliphatic heterocycles. The molecule has 0 bridgehead atoms. The number of rotatable bonds is 42. The number of unbranched alkanes of at least 4 members (excludes halogenated alkanes) is 2. The first-order valence-corrected chi connectivity index (χ1v) is 38.2. The molecule has 32 unspecified atom stereocenters. The molecule has 0 spiro atoms. The predicted octanol–water partition coefficient (Wildman–Crippen LogP) is -12.9. The standard InChI is InChI=1S/C65H110N6O41S/c1-26(24-113(5)6)56(92)71(25-66-2)35-34(38(80)39(35)81)67-10-8-7-9-11-68-65(95)102-27(16-69-63(93)100-14-12-98-54-48(90)52(109-59-44(86)40(82)36(78)28(18-72)103-59)32(22-76)107-61(54)111-50-30(20-74)105-57(96-3)46(88)42(50)84)17-70-64(94)101-15-13-99-55-49(91)53(110-60-45(87)41(83)37(79)29(19-73)104-60)33(23-77)108-62(55)112-51-31(21-75)106-58(97-4)47(89)43(51)85/h26-33,36-37,40-55,57-62,66-67,72-79,82-91H,5,7-25H2,1-4,6H3,(H,68,95)(H,69,93)(H,70,94). The van der Waals surface area contributed by atoms with Crippen LogP contribution in [-0.4, -0.2) is 445 Å². The maximum absolute atomic E-state index is 13.4. The summed E-state index contributed by atoms with van der Waals surface area (Å²) in [4.78, 5) is 80.3. The third-order valence-electron chi connectivity index (χ3n) is 19.2. The molecular formula is C65H110N6O41S. The second kappa shape index (κ2) is 45.9. The van der Waals surface area contributed by atoms with Crippen LogP contribution in [0, 0.1) is 5.92 Å². The highest BCUT2D eigenvalue weighted by Crippen LogP contribution is 2.37. The molecule has 6 saturated heterocycles. The highest BCUT2D eigenvalue weighted by Gasteiger charge is 2.57. The van der Waals surface area contributed by atoms with Crippen LogP contribution in [0.1, 0.15) is 26.2 Å². The van der Waals surface area contributed by atoms with Crippen molar-refractivity contribution in [2.24, 2.45) is 5.92 Å². The molecule has 23 N–H and O–H groups in total. The number of aliphatic hydroxyl groups is 18. The largest absolute Gasteiger partial charge is 0.447 e. The first-order valence-electron chi connectivity index (χ1n) is 36.3. The average molecular weight is 1660 g/mol. The van der Waals surface area contributed by atoms with Crippen molar-refractivity contribution >= 4 is 51.9 Å². The summed E-state index contributed by atoms with van der Waals surface area (Å²) in [5.74, 6) is 3.54. The molecular weight excluding hydrogens is 1550 g/mol. The van der Waals surface area contributed by atoms with Crippen molar-refractivity contribution in [1.29, 1.82) is 0 Å². The van der Waals surface area contributed by atoms with Gasteiger partial charge in [0.05, 0.1) is 72.6 Å². The Bertz CT molecular complexity index is 3020. The van der Waals surface area contributed by atoms with Crippen LogP contribution >= 0.6 is 10.5 Å². The average Bonchev–Trinajstić information content (AvgIpc) is 0.772. The van der Waals surface area contributed by atoms with Gasteiger partial charge in [-0.3, -0.25) is 19.3 Å². The van der Waals surface area contributed by atoms with Crippen LogP contribution in [0.4, 0.5) is 25.8 Å². The van der Waals surface area contributed by atoms with Gasteiger partial charge < -0.3 is 199 Å². The SMILES string of the molecule is C=S(C)CC(C)C(=O)N(CNC)c1c(NCCCCCNC(=O)OC(CNC(=O)OCCOC2C(OC3C(CO)OC(OC)C(O)C3O)OC(CO)C(OC3OC(CO)C(O)C(O)C3O)C2O)CNC(=O)OCCOC2C(OC3C(CO)OC(OC)C(O)C3O)OC(CO)C(OC3OC(CO)C(O)C(O)C3O)C2O)c(=O)c1=O. The zero-order valence-corrected chi connectivity index (χ0v) is 63.2. The van der Waals surface area contributed by atoms with Gasteiger partial charge >= 0.3 is 18.3 Å². The molecule has 48 heteroatoms.